The Kier molecular flexibility index (Phi) is 5.30. The van der Waals surface area contributed by atoms with E-state index >= 15 is 0 Å². The zero-order valence-electron chi connectivity index (χ0n) is 13.3. The van der Waals surface area contributed by atoms with E-state index < -0.39 is 0 Å². The molecule has 3 atom stereocenters. The predicted molar refractivity (Wildman–Crippen MR) is 83.2 cm³/mol. The molecule has 0 aromatic heterocycles. The number of likely N-dealkylation sites (tertiary alicyclic amines) is 1. The maximum absolute atomic E-state index is 6.27. The van der Waals surface area contributed by atoms with Gasteiger partial charge in [-0.2, -0.15) is 0 Å². The van der Waals surface area contributed by atoms with Crippen LogP contribution in [0.15, 0.2) is 0 Å². The molecule has 2 rings (SSSR count). The third-order valence-corrected chi connectivity index (χ3v) is 5.44. The highest BCUT2D eigenvalue weighted by atomic mass is 15.2. The van der Waals surface area contributed by atoms with E-state index in [1.807, 2.05) is 0 Å². The largest absolute Gasteiger partial charge is 0.329 e. The van der Waals surface area contributed by atoms with E-state index in [9.17, 15) is 0 Å². The van der Waals surface area contributed by atoms with Gasteiger partial charge in [0, 0.05) is 18.6 Å². The summed E-state index contributed by atoms with van der Waals surface area (Å²) in [6.07, 6.45) is 9.69. The Morgan fingerprint density at radius 2 is 2.05 bits per heavy atom. The van der Waals surface area contributed by atoms with Crippen molar-refractivity contribution in [3.63, 3.8) is 0 Å². The SMILES string of the molecule is CC(C)CC1CCCC(CN)(N2CCCC(C)C2)C1. The molecule has 0 bridgehead atoms. The van der Waals surface area contributed by atoms with Crippen LogP contribution in [0.4, 0.5) is 0 Å². The van der Waals surface area contributed by atoms with Crippen LogP contribution in [0.25, 0.3) is 0 Å². The first kappa shape index (κ1) is 15.3. The average molecular weight is 266 g/mol. The van der Waals surface area contributed by atoms with Crippen molar-refractivity contribution >= 4 is 0 Å². The van der Waals surface area contributed by atoms with Gasteiger partial charge in [-0.1, -0.05) is 33.6 Å². The summed E-state index contributed by atoms with van der Waals surface area (Å²) in [6, 6.07) is 0. The van der Waals surface area contributed by atoms with Gasteiger partial charge in [-0.05, 0) is 56.4 Å². The predicted octanol–water partition coefficient (Wildman–Crippen LogP) is 3.65. The minimum absolute atomic E-state index is 0.340. The Labute approximate surface area is 120 Å². The molecule has 0 aromatic carbocycles. The van der Waals surface area contributed by atoms with E-state index in [0.717, 1.165) is 24.3 Å². The van der Waals surface area contributed by atoms with Crippen LogP contribution in [0.2, 0.25) is 0 Å². The Morgan fingerprint density at radius 1 is 1.26 bits per heavy atom. The summed E-state index contributed by atoms with van der Waals surface area (Å²) >= 11 is 0. The highest BCUT2D eigenvalue weighted by Gasteiger charge is 2.41. The molecule has 1 heterocycles. The molecule has 1 saturated heterocycles. The van der Waals surface area contributed by atoms with Crippen molar-refractivity contribution in [3.05, 3.63) is 0 Å². The first-order valence-corrected chi connectivity index (χ1v) is 8.51. The Hall–Kier alpha value is -0.0800. The van der Waals surface area contributed by atoms with Crippen molar-refractivity contribution in [2.45, 2.75) is 71.3 Å². The van der Waals surface area contributed by atoms with Crippen LogP contribution in [-0.2, 0) is 0 Å². The van der Waals surface area contributed by atoms with Gasteiger partial charge in [-0.25, -0.2) is 0 Å². The molecular weight excluding hydrogens is 232 g/mol. The monoisotopic (exact) mass is 266 g/mol. The summed E-state index contributed by atoms with van der Waals surface area (Å²) in [6.45, 7) is 10.6. The van der Waals surface area contributed by atoms with Crippen LogP contribution in [0, 0.1) is 17.8 Å². The van der Waals surface area contributed by atoms with E-state index in [0.29, 0.717) is 5.54 Å². The molecule has 3 unspecified atom stereocenters. The summed E-state index contributed by atoms with van der Waals surface area (Å²) in [5, 5.41) is 0. The minimum Gasteiger partial charge on any atom is -0.329 e. The zero-order chi connectivity index (χ0) is 13.9. The highest BCUT2D eigenvalue weighted by molar-refractivity contribution is 4.98. The Bertz CT molecular complexity index is 276. The summed E-state index contributed by atoms with van der Waals surface area (Å²) in [7, 11) is 0. The van der Waals surface area contributed by atoms with Crippen LogP contribution >= 0.6 is 0 Å². The van der Waals surface area contributed by atoms with Gasteiger partial charge in [-0.15, -0.1) is 0 Å². The lowest BCUT2D eigenvalue weighted by Crippen LogP contribution is -2.58. The molecule has 0 amide bonds. The molecule has 0 aromatic rings. The Morgan fingerprint density at radius 3 is 2.68 bits per heavy atom. The quantitative estimate of drug-likeness (QED) is 0.841. The topological polar surface area (TPSA) is 29.3 Å². The first-order chi connectivity index (χ1) is 9.05. The van der Waals surface area contributed by atoms with Crippen LogP contribution in [0.5, 0.6) is 0 Å². The second kappa shape index (κ2) is 6.58. The van der Waals surface area contributed by atoms with E-state index in [2.05, 4.69) is 25.7 Å². The second-order valence-electron chi connectivity index (χ2n) is 7.71. The fourth-order valence-electron chi connectivity index (χ4n) is 4.55. The summed E-state index contributed by atoms with van der Waals surface area (Å²) in [5.74, 6) is 2.61. The third-order valence-electron chi connectivity index (χ3n) is 5.44. The molecule has 0 radical (unpaired) electrons. The van der Waals surface area contributed by atoms with Crippen molar-refractivity contribution < 1.29 is 0 Å². The van der Waals surface area contributed by atoms with Crippen molar-refractivity contribution in [1.82, 2.24) is 4.90 Å². The summed E-state index contributed by atoms with van der Waals surface area (Å²) < 4.78 is 0. The van der Waals surface area contributed by atoms with Gasteiger partial charge in [0.2, 0.25) is 0 Å². The van der Waals surface area contributed by atoms with Gasteiger partial charge in [0.25, 0.3) is 0 Å². The maximum Gasteiger partial charge on any atom is 0.0334 e. The summed E-state index contributed by atoms with van der Waals surface area (Å²) in [5.41, 5.74) is 6.61. The lowest BCUT2D eigenvalue weighted by Gasteiger charge is -2.51. The van der Waals surface area contributed by atoms with Crippen molar-refractivity contribution in [3.8, 4) is 0 Å². The van der Waals surface area contributed by atoms with Gasteiger partial charge in [0.05, 0.1) is 0 Å². The summed E-state index contributed by atoms with van der Waals surface area (Å²) in [4.78, 5) is 2.77. The lowest BCUT2D eigenvalue weighted by atomic mass is 9.71. The first-order valence-electron chi connectivity index (χ1n) is 8.51. The van der Waals surface area contributed by atoms with Crippen LogP contribution in [0.3, 0.4) is 0 Å². The van der Waals surface area contributed by atoms with Crippen LogP contribution in [-0.4, -0.2) is 30.1 Å². The molecule has 2 aliphatic rings. The molecule has 2 N–H and O–H groups in total. The molecule has 19 heavy (non-hydrogen) atoms. The van der Waals surface area contributed by atoms with Gasteiger partial charge >= 0.3 is 0 Å². The standard InChI is InChI=1S/C17H34N2/c1-14(2)10-16-7-4-8-17(11-16,13-18)19-9-5-6-15(3)12-19/h14-16H,4-13,18H2,1-3H3. The van der Waals surface area contributed by atoms with Gasteiger partial charge in [-0.3, -0.25) is 4.90 Å². The molecule has 1 aliphatic carbocycles. The Balaban J connectivity index is 2.03. The third kappa shape index (κ3) is 3.72. The normalized spacial score (nSPS) is 37.7. The van der Waals surface area contributed by atoms with Crippen LogP contribution in [0.1, 0.15) is 65.7 Å². The molecule has 112 valence electrons. The molecule has 1 saturated carbocycles. The van der Waals surface area contributed by atoms with Crippen molar-refractivity contribution in [2.24, 2.45) is 23.5 Å². The lowest BCUT2D eigenvalue weighted by molar-refractivity contribution is 0.00398. The van der Waals surface area contributed by atoms with Crippen molar-refractivity contribution in [2.75, 3.05) is 19.6 Å². The van der Waals surface area contributed by atoms with E-state index in [1.165, 1.54) is 58.0 Å². The number of piperidine rings is 1. The van der Waals surface area contributed by atoms with Gasteiger partial charge in [0.15, 0.2) is 0 Å². The number of hydrogen-bond acceptors (Lipinski definition) is 2. The fourth-order valence-corrected chi connectivity index (χ4v) is 4.55. The number of rotatable bonds is 4. The average Bonchev–Trinajstić information content (AvgIpc) is 2.38. The van der Waals surface area contributed by atoms with E-state index in [4.69, 9.17) is 5.73 Å². The van der Waals surface area contributed by atoms with Crippen LogP contribution < -0.4 is 5.73 Å². The van der Waals surface area contributed by atoms with Gasteiger partial charge < -0.3 is 5.73 Å². The van der Waals surface area contributed by atoms with Gasteiger partial charge in [0.1, 0.15) is 0 Å². The number of nitrogens with two attached hydrogens (primary N) is 1. The smallest absolute Gasteiger partial charge is 0.0334 e. The fraction of sp³-hybridized carbons (Fsp3) is 1.00. The zero-order valence-corrected chi connectivity index (χ0v) is 13.3. The second-order valence-corrected chi connectivity index (χ2v) is 7.71. The minimum atomic E-state index is 0.340. The molecule has 0 spiro atoms. The van der Waals surface area contributed by atoms with E-state index in [1.54, 1.807) is 0 Å². The molecule has 2 fully saturated rings. The highest BCUT2D eigenvalue weighted by Crippen LogP contribution is 2.40. The molecule has 2 heteroatoms. The van der Waals surface area contributed by atoms with Crippen molar-refractivity contribution in [1.29, 1.82) is 0 Å². The molecular formula is C17H34N2. The maximum atomic E-state index is 6.27. The molecule has 2 nitrogen and oxygen atoms in total. The van der Waals surface area contributed by atoms with E-state index in [-0.39, 0.29) is 0 Å². The number of hydrogen-bond donors (Lipinski definition) is 1. The molecule has 1 aliphatic heterocycles. The number of nitrogens with zero attached hydrogens (tertiary/aromatic N) is 1.